The number of H-pyrrole nitrogens is 1. The molecule has 1 unspecified atom stereocenters. The number of fused-ring (bicyclic) bond motifs is 1. The molecule has 1 aliphatic heterocycles. The van der Waals surface area contributed by atoms with Crippen LogP contribution in [0.15, 0.2) is 18.5 Å². The Kier molecular flexibility index (Phi) is 6.42. The number of hydrogen-bond acceptors (Lipinski definition) is 6. The van der Waals surface area contributed by atoms with Crippen LogP contribution in [-0.2, 0) is 9.47 Å². The van der Waals surface area contributed by atoms with Crippen molar-refractivity contribution in [3.63, 3.8) is 0 Å². The number of methoxy groups -OCH3 is 1. The second-order valence-corrected chi connectivity index (χ2v) is 8.36. The molecule has 1 aliphatic rings. The van der Waals surface area contributed by atoms with Crippen LogP contribution < -0.4 is 5.32 Å². The van der Waals surface area contributed by atoms with Crippen molar-refractivity contribution in [1.82, 2.24) is 14.9 Å². The zero-order valence-electron chi connectivity index (χ0n) is 17.6. The molecule has 1 fully saturated rings. The van der Waals surface area contributed by atoms with Gasteiger partial charge in [-0.25, -0.2) is 9.78 Å². The zero-order valence-corrected chi connectivity index (χ0v) is 17.6. The molecule has 2 N–H and O–H groups in total. The molecule has 0 bridgehead atoms. The number of carbonyl (C=O) groups is 2. The lowest BCUT2D eigenvalue weighted by Crippen LogP contribution is -2.47. The molecule has 3 heterocycles. The molecule has 0 saturated carbocycles. The largest absolute Gasteiger partial charge is 0.444 e. The second kappa shape index (κ2) is 8.82. The molecule has 8 heteroatoms. The summed E-state index contributed by atoms with van der Waals surface area (Å²) in [7, 11) is 1.58. The third-order valence-electron chi connectivity index (χ3n) is 4.84. The number of anilines is 1. The van der Waals surface area contributed by atoms with Gasteiger partial charge in [0, 0.05) is 56.3 Å². The Morgan fingerprint density at radius 1 is 1.38 bits per heavy atom. The quantitative estimate of drug-likeness (QED) is 0.717. The maximum Gasteiger partial charge on any atom is 0.410 e. The summed E-state index contributed by atoms with van der Waals surface area (Å²) in [6.07, 6.45) is 5.25. The van der Waals surface area contributed by atoms with E-state index in [2.05, 4.69) is 15.3 Å². The first-order valence-electron chi connectivity index (χ1n) is 10.0. The monoisotopic (exact) mass is 402 g/mol. The predicted molar refractivity (Wildman–Crippen MR) is 111 cm³/mol. The Bertz CT molecular complexity index is 871. The normalized spacial score (nSPS) is 17.4. The van der Waals surface area contributed by atoms with Crippen molar-refractivity contribution < 1.29 is 19.1 Å². The summed E-state index contributed by atoms with van der Waals surface area (Å²) in [5.41, 5.74) is 1.59. The van der Waals surface area contributed by atoms with Crippen LogP contribution in [0.2, 0.25) is 0 Å². The zero-order chi connectivity index (χ0) is 21.0. The third-order valence-corrected chi connectivity index (χ3v) is 4.84. The molecule has 158 valence electrons. The fourth-order valence-corrected chi connectivity index (χ4v) is 3.53. The Balaban J connectivity index is 1.76. The van der Waals surface area contributed by atoms with Gasteiger partial charge in [-0.3, -0.25) is 4.79 Å². The van der Waals surface area contributed by atoms with E-state index < -0.39 is 5.60 Å². The second-order valence-electron chi connectivity index (χ2n) is 8.36. The van der Waals surface area contributed by atoms with Crippen molar-refractivity contribution in [3.05, 3.63) is 24.0 Å². The third kappa shape index (κ3) is 5.26. The van der Waals surface area contributed by atoms with Gasteiger partial charge in [-0.05, 0) is 39.7 Å². The first-order valence-corrected chi connectivity index (χ1v) is 10.0. The van der Waals surface area contributed by atoms with E-state index in [9.17, 15) is 9.59 Å². The molecule has 0 radical (unpaired) electrons. The summed E-state index contributed by atoms with van der Waals surface area (Å²) in [4.78, 5) is 34.2. The number of nitrogens with one attached hydrogen (secondary N) is 2. The van der Waals surface area contributed by atoms with E-state index >= 15 is 0 Å². The van der Waals surface area contributed by atoms with Crippen LogP contribution in [0.5, 0.6) is 0 Å². The summed E-state index contributed by atoms with van der Waals surface area (Å²) in [5, 5.41) is 4.30. The van der Waals surface area contributed by atoms with Gasteiger partial charge in [0.15, 0.2) is 5.78 Å². The van der Waals surface area contributed by atoms with E-state index in [1.54, 1.807) is 24.4 Å². The fourth-order valence-electron chi connectivity index (χ4n) is 3.53. The lowest BCUT2D eigenvalue weighted by Gasteiger charge is -2.35. The van der Waals surface area contributed by atoms with Crippen LogP contribution in [0, 0.1) is 0 Å². The van der Waals surface area contributed by atoms with Gasteiger partial charge in [-0.15, -0.1) is 0 Å². The number of aromatic amines is 1. The highest BCUT2D eigenvalue weighted by Gasteiger charge is 2.28. The lowest BCUT2D eigenvalue weighted by atomic mass is 10.0. The van der Waals surface area contributed by atoms with Gasteiger partial charge >= 0.3 is 6.09 Å². The van der Waals surface area contributed by atoms with Crippen LogP contribution in [0.4, 0.5) is 10.5 Å². The molecule has 3 rings (SSSR count). The molecule has 1 saturated heterocycles. The van der Waals surface area contributed by atoms with Gasteiger partial charge < -0.3 is 24.7 Å². The Morgan fingerprint density at radius 2 is 2.17 bits per heavy atom. The van der Waals surface area contributed by atoms with E-state index in [0.29, 0.717) is 37.3 Å². The van der Waals surface area contributed by atoms with Crippen LogP contribution in [0.1, 0.15) is 50.4 Å². The number of carbonyl (C=O) groups excluding carboxylic acids is 2. The van der Waals surface area contributed by atoms with Crippen molar-refractivity contribution in [1.29, 1.82) is 0 Å². The number of piperidine rings is 1. The van der Waals surface area contributed by atoms with Crippen LogP contribution in [0.3, 0.4) is 0 Å². The molecule has 1 amide bonds. The van der Waals surface area contributed by atoms with Gasteiger partial charge in [-0.1, -0.05) is 0 Å². The number of amides is 1. The number of ketones is 1. The number of rotatable bonds is 6. The van der Waals surface area contributed by atoms with Crippen molar-refractivity contribution in [2.45, 2.75) is 51.7 Å². The molecule has 29 heavy (non-hydrogen) atoms. The molecule has 0 spiro atoms. The SMILES string of the molecule is COCCC(=O)c1c[nH]c2nccc(NC3CCCN(C(=O)OC(C)(C)C)C3)c12. The maximum absolute atomic E-state index is 12.6. The molecular formula is C21H30N4O4. The predicted octanol–water partition coefficient (Wildman–Crippen LogP) is 3.59. The minimum absolute atomic E-state index is 0.00757. The summed E-state index contributed by atoms with van der Waals surface area (Å²) >= 11 is 0. The maximum atomic E-state index is 12.6. The van der Waals surface area contributed by atoms with Gasteiger partial charge in [0.05, 0.1) is 12.0 Å². The first-order chi connectivity index (χ1) is 13.8. The summed E-state index contributed by atoms with van der Waals surface area (Å²) < 4.78 is 10.5. The first kappa shape index (κ1) is 21.1. The van der Waals surface area contributed by atoms with Gasteiger partial charge in [0.1, 0.15) is 11.2 Å². The lowest BCUT2D eigenvalue weighted by molar-refractivity contribution is 0.0206. The summed E-state index contributed by atoms with van der Waals surface area (Å²) in [6, 6.07) is 1.94. The number of Topliss-reactive ketones (excluding diaryl/α,β-unsaturated/α-hetero) is 1. The van der Waals surface area contributed by atoms with E-state index in [1.807, 2.05) is 26.8 Å². The molecule has 0 aliphatic carbocycles. The van der Waals surface area contributed by atoms with E-state index in [0.717, 1.165) is 23.9 Å². The average molecular weight is 402 g/mol. The van der Waals surface area contributed by atoms with Crippen molar-refractivity contribution >= 4 is 28.6 Å². The minimum Gasteiger partial charge on any atom is -0.444 e. The van der Waals surface area contributed by atoms with E-state index in [1.165, 1.54) is 0 Å². The number of likely N-dealkylation sites (tertiary alicyclic amines) is 1. The number of pyridine rings is 1. The van der Waals surface area contributed by atoms with E-state index in [4.69, 9.17) is 9.47 Å². The summed E-state index contributed by atoms with van der Waals surface area (Å²) in [5.74, 6) is 0.00757. The van der Waals surface area contributed by atoms with Crippen molar-refractivity contribution in [2.24, 2.45) is 0 Å². The molecule has 0 aromatic carbocycles. The smallest absolute Gasteiger partial charge is 0.410 e. The highest BCUT2D eigenvalue weighted by atomic mass is 16.6. The molecule has 2 aromatic rings. The summed E-state index contributed by atoms with van der Waals surface area (Å²) in [6.45, 7) is 7.22. The molecule has 1 atom stereocenters. The standard InChI is InChI=1S/C21H30N4O4/c1-21(2,3)29-20(27)25-10-5-6-14(13-25)24-16-7-9-22-19-18(16)15(12-23-19)17(26)8-11-28-4/h7,9,12,14H,5-6,8,10-11,13H2,1-4H3,(H2,22,23,24). The Hall–Kier alpha value is -2.61. The number of nitrogens with zero attached hydrogens (tertiary/aromatic N) is 2. The molecule has 2 aromatic heterocycles. The van der Waals surface area contributed by atoms with Crippen LogP contribution in [-0.4, -0.2) is 65.2 Å². The highest BCUT2D eigenvalue weighted by Crippen LogP contribution is 2.28. The highest BCUT2D eigenvalue weighted by molar-refractivity contribution is 6.11. The number of aromatic nitrogens is 2. The van der Waals surface area contributed by atoms with Crippen molar-refractivity contribution in [2.75, 3.05) is 32.1 Å². The average Bonchev–Trinajstić information content (AvgIpc) is 3.10. The van der Waals surface area contributed by atoms with E-state index in [-0.39, 0.29) is 17.9 Å². The van der Waals surface area contributed by atoms with Gasteiger partial charge in [0.2, 0.25) is 0 Å². The minimum atomic E-state index is -0.517. The van der Waals surface area contributed by atoms with Crippen molar-refractivity contribution in [3.8, 4) is 0 Å². The van der Waals surface area contributed by atoms with Gasteiger partial charge in [0.25, 0.3) is 0 Å². The molecular weight excluding hydrogens is 372 g/mol. The van der Waals surface area contributed by atoms with Crippen LogP contribution in [0.25, 0.3) is 11.0 Å². The van der Waals surface area contributed by atoms with Gasteiger partial charge in [-0.2, -0.15) is 0 Å². The fraction of sp³-hybridized carbons (Fsp3) is 0.571. The van der Waals surface area contributed by atoms with Crippen LogP contribution >= 0.6 is 0 Å². The number of hydrogen-bond donors (Lipinski definition) is 2. The topological polar surface area (TPSA) is 96.5 Å². The Labute approximate surface area is 171 Å². The Morgan fingerprint density at radius 3 is 2.90 bits per heavy atom. The molecule has 8 nitrogen and oxygen atoms in total. The number of ether oxygens (including phenoxy) is 2.